The molecular weight excluding hydrogens is 423 g/mol. The van der Waals surface area contributed by atoms with Gasteiger partial charge in [-0.3, -0.25) is 14.3 Å². The summed E-state index contributed by atoms with van der Waals surface area (Å²) in [5.74, 6) is 0. The number of aliphatic hydroxyl groups excluding tert-OH is 1. The number of nitrogens with zero attached hydrogens (tertiary/aromatic N) is 5. The molecule has 0 bridgehead atoms. The largest absolute Gasteiger partial charge is 0.433 e. The first kappa shape index (κ1) is 22.1. The quantitative estimate of drug-likeness (QED) is 0.664. The number of aromatic nitrogens is 4. The number of hydrogen-bond acceptors (Lipinski definition) is 6. The van der Waals surface area contributed by atoms with Gasteiger partial charge in [0.15, 0.2) is 0 Å². The summed E-state index contributed by atoms with van der Waals surface area (Å²) in [5.41, 5.74) is 1.16. The van der Waals surface area contributed by atoms with E-state index in [0.29, 0.717) is 29.0 Å². The monoisotopic (exact) mass is 445 g/mol. The van der Waals surface area contributed by atoms with Crippen LogP contribution >= 0.6 is 0 Å². The molecule has 0 radical (unpaired) electrons. The second-order valence-corrected chi connectivity index (χ2v) is 7.93. The first-order valence-electron chi connectivity index (χ1n) is 10.1. The van der Waals surface area contributed by atoms with Crippen molar-refractivity contribution in [3.05, 3.63) is 58.5 Å². The van der Waals surface area contributed by atoms with Gasteiger partial charge in [-0.1, -0.05) is 6.08 Å². The molecule has 168 valence electrons. The highest BCUT2D eigenvalue weighted by Crippen LogP contribution is 2.31. The van der Waals surface area contributed by atoms with E-state index in [1.807, 2.05) is 13.1 Å². The van der Waals surface area contributed by atoms with Crippen molar-refractivity contribution < 1.29 is 18.3 Å². The van der Waals surface area contributed by atoms with Crippen LogP contribution in [-0.2, 0) is 6.18 Å². The second-order valence-electron chi connectivity index (χ2n) is 7.93. The molecule has 1 aliphatic rings. The van der Waals surface area contributed by atoms with Gasteiger partial charge in [-0.05, 0) is 44.2 Å². The fourth-order valence-corrected chi connectivity index (χ4v) is 3.70. The van der Waals surface area contributed by atoms with Gasteiger partial charge < -0.3 is 10.0 Å². The van der Waals surface area contributed by atoms with E-state index in [-0.39, 0.29) is 17.6 Å². The molecule has 0 aromatic carbocycles. The lowest BCUT2D eigenvalue weighted by Crippen LogP contribution is -2.27. The van der Waals surface area contributed by atoms with E-state index in [0.717, 1.165) is 30.8 Å². The zero-order chi connectivity index (χ0) is 23.0. The van der Waals surface area contributed by atoms with Crippen LogP contribution in [0.3, 0.4) is 0 Å². The lowest BCUT2D eigenvalue weighted by Gasteiger charge is -2.23. The van der Waals surface area contributed by atoms with Crippen molar-refractivity contribution >= 4 is 16.5 Å². The molecule has 0 aliphatic carbocycles. The molecule has 1 atom stereocenters. The molecule has 10 heteroatoms. The molecule has 0 amide bonds. The topological polar surface area (TPSA) is 84.1 Å². The van der Waals surface area contributed by atoms with Crippen LogP contribution in [-0.4, -0.2) is 56.3 Å². The molecule has 3 aromatic heterocycles. The summed E-state index contributed by atoms with van der Waals surface area (Å²) in [6.07, 6.45) is 0.798. The lowest BCUT2D eigenvalue weighted by molar-refractivity contribution is -0.141. The maximum Gasteiger partial charge on any atom is 0.433 e. The van der Waals surface area contributed by atoms with Gasteiger partial charge in [0.1, 0.15) is 11.2 Å². The molecule has 4 rings (SSSR count). The van der Waals surface area contributed by atoms with Gasteiger partial charge in [0.25, 0.3) is 5.56 Å². The van der Waals surface area contributed by atoms with Crippen LogP contribution in [0.1, 0.15) is 30.8 Å². The SMILES string of the molecule is CC(CO)n1cnc2c(C3=CCCN(C)C3)nc(-c3ccc(C(F)(F)F)nc3)cc2c1=O. The lowest BCUT2D eigenvalue weighted by atomic mass is 10.0. The predicted molar refractivity (Wildman–Crippen MR) is 114 cm³/mol. The minimum Gasteiger partial charge on any atom is -0.394 e. The van der Waals surface area contributed by atoms with Crippen LogP contribution in [0.2, 0.25) is 0 Å². The van der Waals surface area contributed by atoms with Crippen LogP contribution < -0.4 is 5.56 Å². The predicted octanol–water partition coefficient (Wildman–Crippen LogP) is 3.14. The Morgan fingerprint density at radius 3 is 2.66 bits per heavy atom. The Bertz CT molecular complexity index is 1240. The number of likely N-dealkylation sites (N-methyl/N-ethyl adjacent to an activating group) is 1. The molecule has 0 saturated carbocycles. The van der Waals surface area contributed by atoms with E-state index in [4.69, 9.17) is 0 Å². The number of aliphatic hydroxyl groups is 1. The molecule has 1 aliphatic heterocycles. The zero-order valence-corrected chi connectivity index (χ0v) is 17.6. The van der Waals surface area contributed by atoms with Gasteiger partial charge in [0.2, 0.25) is 0 Å². The Morgan fingerprint density at radius 1 is 1.25 bits per heavy atom. The van der Waals surface area contributed by atoms with E-state index in [2.05, 4.69) is 19.9 Å². The van der Waals surface area contributed by atoms with Crippen molar-refractivity contribution in [1.29, 1.82) is 0 Å². The maximum atomic E-state index is 13.2. The first-order valence-corrected chi connectivity index (χ1v) is 10.1. The summed E-state index contributed by atoms with van der Waals surface area (Å²) < 4.78 is 40.1. The highest BCUT2D eigenvalue weighted by molar-refractivity contribution is 5.91. The molecule has 0 fully saturated rings. The fraction of sp³-hybridized carbons (Fsp3) is 0.364. The fourth-order valence-electron chi connectivity index (χ4n) is 3.70. The maximum absolute atomic E-state index is 13.2. The van der Waals surface area contributed by atoms with E-state index in [9.17, 15) is 23.1 Å². The van der Waals surface area contributed by atoms with E-state index >= 15 is 0 Å². The number of fused-ring (bicyclic) bond motifs is 1. The van der Waals surface area contributed by atoms with Gasteiger partial charge in [-0.25, -0.2) is 9.97 Å². The summed E-state index contributed by atoms with van der Waals surface area (Å²) in [5, 5.41) is 9.76. The number of hydrogen-bond donors (Lipinski definition) is 1. The second kappa shape index (κ2) is 8.44. The van der Waals surface area contributed by atoms with Crippen LogP contribution in [0.5, 0.6) is 0 Å². The Labute approximate surface area is 181 Å². The van der Waals surface area contributed by atoms with E-state index in [1.54, 1.807) is 6.92 Å². The minimum absolute atomic E-state index is 0.239. The van der Waals surface area contributed by atoms with Crippen LogP contribution in [0.4, 0.5) is 13.2 Å². The molecule has 0 saturated heterocycles. The molecule has 1 unspecified atom stereocenters. The molecule has 32 heavy (non-hydrogen) atoms. The van der Waals surface area contributed by atoms with Crippen molar-refractivity contribution in [2.75, 3.05) is 26.7 Å². The summed E-state index contributed by atoms with van der Waals surface area (Å²) >= 11 is 0. The van der Waals surface area contributed by atoms with Gasteiger partial charge in [-0.15, -0.1) is 0 Å². The molecule has 0 spiro atoms. The summed E-state index contributed by atoms with van der Waals surface area (Å²) in [6, 6.07) is 3.23. The average Bonchev–Trinajstić information content (AvgIpc) is 2.78. The third-order valence-electron chi connectivity index (χ3n) is 5.50. The first-order chi connectivity index (χ1) is 15.2. The van der Waals surface area contributed by atoms with Crippen LogP contribution in [0, 0.1) is 0 Å². The Balaban J connectivity index is 1.94. The van der Waals surface area contributed by atoms with Crippen molar-refractivity contribution in [2.24, 2.45) is 0 Å². The number of alkyl halides is 3. The van der Waals surface area contributed by atoms with Crippen LogP contribution in [0.25, 0.3) is 27.7 Å². The summed E-state index contributed by atoms with van der Waals surface area (Å²) in [7, 11) is 1.97. The number of rotatable bonds is 4. The van der Waals surface area contributed by atoms with Gasteiger partial charge >= 0.3 is 6.18 Å². The Morgan fingerprint density at radius 2 is 2.03 bits per heavy atom. The highest BCUT2D eigenvalue weighted by atomic mass is 19.4. The van der Waals surface area contributed by atoms with Gasteiger partial charge in [-0.2, -0.15) is 13.2 Å². The molecular formula is C22H22F3N5O2. The van der Waals surface area contributed by atoms with Gasteiger partial charge in [0, 0.05) is 24.8 Å². The molecule has 4 heterocycles. The zero-order valence-electron chi connectivity index (χ0n) is 17.6. The van der Waals surface area contributed by atoms with Crippen molar-refractivity contribution in [2.45, 2.75) is 25.6 Å². The Hall–Kier alpha value is -3.11. The van der Waals surface area contributed by atoms with Crippen molar-refractivity contribution in [1.82, 2.24) is 24.4 Å². The van der Waals surface area contributed by atoms with Crippen molar-refractivity contribution in [3.63, 3.8) is 0 Å². The smallest absolute Gasteiger partial charge is 0.394 e. The van der Waals surface area contributed by atoms with Crippen LogP contribution in [0.15, 0.2) is 41.6 Å². The van der Waals surface area contributed by atoms with Gasteiger partial charge in [0.05, 0.1) is 35.8 Å². The third-order valence-corrected chi connectivity index (χ3v) is 5.50. The van der Waals surface area contributed by atoms with Crippen molar-refractivity contribution in [3.8, 4) is 11.3 Å². The molecule has 1 N–H and O–H groups in total. The normalized spacial score (nSPS) is 16.2. The third kappa shape index (κ3) is 4.15. The molecule has 3 aromatic rings. The molecule has 7 nitrogen and oxygen atoms in total. The standard InChI is InChI=1S/C22H22F3N5O2/c1-13(11-31)30-12-27-20-16(21(30)32)8-17(14-5-6-18(26-9-14)22(23,24)25)28-19(20)15-4-3-7-29(2)10-15/h4-6,8-9,12-13,31H,3,7,10-11H2,1-2H3. The average molecular weight is 445 g/mol. The number of pyridine rings is 2. The van der Waals surface area contributed by atoms with E-state index < -0.39 is 17.9 Å². The van der Waals surface area contributed by atoms with E-state index in [1.165, 1.54) is 23.0 Å². The summed E-state index contributed by atoms with van der Waals surface area (Å²) in [6.45, 7) is 2.94. The summed E-state index contributed by atoms with van der Waals surface area (Å²) in [4.78, 5) is 28.0. The number of halogens is 3. The highest BCUT2D eigenvalue weighted by Gasteiger charge is 2.32. The minimum atomic E-state index is -4.55. The Kier molecular flexibility index (Phi) is 5.83.